The fourth-order valence-electron chi connectivity index (χ4n) is 3.89. The van der Waals surface area contributed by atoms with Gasteiger partial charge in [-0.3, -0.25) is 4.79 Å². The minimum Gasteiger partial charge on any atom is -0.385 e. The normalized spacial score (nSPS) is 28.2. The van der Waals surface area contributed by atoms with Crippen LogP contribution in [0.1, 0.15) is 35.2 Å². The number of amides is 1. The van der Waals surface area contributed by atoms with Crippen LogP contribution < -0.4 is 5.73 Å². The molecule has 0 aromatic heterocycles. The van der Waals surface area contributed by atoms with Crippen LogP contribution in [0.3, 0.4) is 0 Å². The highest BCUT2D eigenvalue weighted by Gasteiger charge is 2.43. The van der Waals surface area contributed by atoms with Gasteiger partial charge in [0.1, 0.15) is 0 Å². The number of primary amides is 1. The van der Waals surface area contributed by atoms with E-state index in [0.29, 0.717) is 12.0 Å². The molecule has 2 atom stereocenters. The molecule has 5 nitrogen and oxygen atoms in total. The van der Waals surface area contributed by atoms with Gasteiger partial charge < -0.3 is 20.6 Å². The lowest BCUT2D eigenvalue weighted by atomic mass is 9.75. The first-order chi connectivity index (χ1) is 11.4. The van der Waals surface area contributed by atoms with Crippen LogP contribution in [-0.2, 0) is 5.60 Å². The van der Waals surface area contributed by atoms with E-state index in [1.54, 1.807) is 12.1 Å². The number of benzene rings is 1. The smallest absolute Gasteiger partial charge is 0.248 e. The zero-order valence-corrected chi connectivity index (χ0v) is 14.7. The monoisotopic (exact) mass is 331 g/mol. The number of piperidine rings is 1. The number of rotatable bonds is 6. The lowest BCUT2D eigenvalue weighted by molar-refractivity contribution is -0.0852. The third-order valence-electron chi connectivity index (χ3n) is 5.41. The molecule has 1 aromatic carbocycles. The van der Waals surface area contributed by atoms with Gasteiger partial charge in [0.05, 0.1) is 5.60 Å². The van der Waals surface area contributed by atoms with E-state index >= 15 is 0 Å². The molecular weight excluding hydrogens is 302 g/mol. The molecule has 3 N–H and O–H groups in total. The van der Waals surface area contributed by atoms with Crippen LogP contribution in [-0.4, -0.2) is 61.1 Å². The molecule has 24 heavy (non-hydrogen) atoms. The van der Waals surface area contributed by atoms with Gasteiger partial charge in [-0.2, -0.15) is 0 Å². The van der Waals surface area contributed by atoms with E-state index < -0.39 is 11.5 Å². The Labute approximate surface area is 144 Å². The maximum Gasteiger partial charge on any atom is 0.248 e. The number of nitrogens with two attached hydrogens (primary N) is 1. The van der Waals surface area contributed by atoms with E-state index in [0.717, 1.165) is 37.7 Å². The molecule has 1 saturated heterocycles. The number of hydrogen-bond acceptors (Lipinski definition) is 4. The standard InChI is InChI=1S/C19H29N3O2/c1-21(2)12-17-13-22(11-14-6-7-14)9-8-19(17,24)16-5-3-4-15(10-16)18(20)23/h3-5,10,14,17,24H,6-9,11-13H2,1-2H3,(H2,20,23). The van der Waals surface area contributed by atoms with Gasteiger partial charge in [-0.05, 0) is 57.0 Å². The topological polar surface area (TPSA) is 69.8 Å². The molecule has 1 aromatic rings. The summed E-state index contributed by atoms with van der Waals surface area (Å²) in [7, 11) is 4.08. The third kappa shape index (κ3) is 3.79. The van der Waals surface area contributed by atoms with Crippen LogP contribution in [0, 0.1) is 11.8 Å². The van der Waals surface area contributed by atoms with Crippen molar-refractivity contribution in [1.29, 1.82) is 0 Å². The quantitative estimate of drug-likeness (QED) is 0.823. The van der Waals surface area contributed by atoms with Crippen LogP contribution in [0.5, 0.6) is 0 Å². The Hall–Kier alpha value is -1.43. The fourth-order valence-corrected chi connectivity index (χ4v) is 3.89. The summed E-state index contributed by atoms with van der Waals surface area (Å²) in [6, 6.07) is 7.21. The van der Waals surface area contributed by atoms with Crippen molar-refractivity contribution < 1.29 is 9.90 Å². The van der Waals surface area contributed by atoms with Crippen LogP contribution >= 0.6 is 0 Å². The minimum atomic E-state index is -0.907. The molecule has 5 heteroatoms. The maximum absolute atomic E-state index is 11.5. The summed E-state index contributed by atoms with van der Waals surface area (Å²) in [5, 5.41) is 11.5. The van der Waals surface area contributed by atoms with Gasteiger partial charge >= 0.3 is 0 Å². The zero-order chi connectivity index (χ0) is 17.3. The minimum absolute atomic E-state index is 0.114. The highest BCUT2D eigenvalue weighted by molar-refractivity contribution is 5.92. The van der Waals surface area contributed by atoms with E-state index in [4.69, 9.17) is 5.73 Å². The van der Waals surface area contributed by atoms with Crippen molar-refractivity contribution in [3.63, 3.8) is 0 Å². The molecule has 1 aliphatic carbocycles. The molecule has 0 radical (unpaired) electrons. The SMILES string of the molecule is CN(C)CC1CN(CC2CC2)CCC1(O)c1cccc(C(N)=O)c1. The van der Waals surface area contributed by atoms with Gasteiger partial charge in [0.2, 0.25) is 5.91 Å². The maximum atomic E-state index is 11.5. The van der Waals surface area contributed by atoms with Crippen molar-refractivity contribution in [2.24, 2.45) is 17.6 Å². The van der Waals surface area contributed by atoms with E-state index in [-0.39, 0.29) is 5.92 Å². The summed E-state index contributed by atoms with van der Waals surface area (Å²) in [6.45, 7) is 3.77. The van der Waals surface area contributed by atoms with Crippen LogP contribution in [0.15, 0.2) is 24.3 Å². The van der Waals surface area contributed by atoms with Crippen LogP contribution in [0.4, 0.5) is 0 Å². The van der Waals surface area contributed by atoms with E-state index in [2.05, 4.69) is 9.80 Å². The molecule has 1 heterocycles. The average Bonchev–Trinajstić information content (AvgIpc) is 3.34. The first-order valence-corrected chi connectivity index (χ1v) is 8.88. The summed E-state index contributed by atoms with van der Waals surface area (Å²) in [5.74, 6) is 0.522. The molecule has 0 spiro atoms. The Morgan fingerprint density at radius 3 is 2.79 bits per heavy atom. The van der Waals surface area contributed by atoms with Crippen LogP contribution in [0.2, 0.25) is 0 Å². The highest BCUT2D eigenvalue weighted by atomic mass is 16.3. The second kappa shape index (κ2) is 6.82. The molecule has 132 valence electrons. The van der Waals surface area contributed by atoms with Crippen molar-refractivity contribution in [3.05, 3.63) is 35.4 Å². The number of likely N-dealkylation sites (tertiary alicyclic amines) is 1. The second-order valence-electron chi connectivity index (χ2n) is 7.78. The van der Waals surface area contributed by atoms with Crippen molar-refractivity contribution in [2.45, 2.75) is 24.9 Å². The Balaban J connectivity index is 1.84. The van der Waals surface area contributed by atoms with Gasteiger partial charge in [-0.1, -0.05) is 12.1 Å². The molecule has 1 aliphatic heterocycles. The number of aliphatic hydroxyl groups is 1. The van der Waals surface area contributed by atoms with E-state index in [1.807, 2.05) is 26.2 Å². The molecule has 1 amide bonds. The molecule has 0 bridgehead atoms. The molecule has 3 rings (SSSR count). The van der Waals surface area contributed by atoms with Crippen molar-refractivity contribution in [1.82, 2.24) is 9.80 Å². The van der Waals surface area contributed by atoms with Crippen LogP contribution in [0.25, 0.3) is 0 Å². The van der Waals surface area contributed by atoms with Gasteiger partial charge in [0, 0.05) is 37.7 Å². The molecule has 2 unspecified atom stereocenters. The largest absolute Gasteiger partial charge is 0.385 e. The van der Waals surface area contributed by atoms with E-state index in [1.165, 1.54) is 12.8 Å². The fraction of sp³-hybridized carbons (Fsp3) is 0.632. The Kier molecular flexibility index (Phi) is 4.95. The summed E-state index contributed by atoms with van der Waals surface area (Å²) in [4.78, 5) is 16.1. The summed E-state index contributed by atoms with van der Waals surface area (Å²) in [6.07, 6.45) is 3.39. The summed E-state index contributed by atoms with van der Waals surface area (Å²) in [5.41, 5.74) is 5.79. The predicted molar refractivity (Wildman–Crippen MR) is 94.7 cm³/mol. The summed E-state index contributed by atoms with van der Waals surface area (Å²) >= 11 is 0. The van der Waals surface area contributed by atoms with Gasteiger partial charge in [-0.15, -0.1) is 0 Å². The molecule has 2 aliphatic rings. The lowest BCUT2D eigenvalue weighted by Crippen LogP contribution is -2.53. The van der Waals surface area contributed by atoms with Gasteiger partial charge in [-0.25, -0.2) is 0 Å². The zero-order valence-electron chi connectivity index (χ0n) is 14.7. The lowest BCUT2D eigenvalue weighted by Gasteiger charge is -2.46. The number of carbonyl (C=O) groups is 1. The first kappa shape index (κ1) is 17.4. The third-order valence-corrected chi connectivity index (χ3v) is 5.41. The van der Waals surface area contributed by atoms with Gasteiger partial charge in [0.25, 0.3) is 0 Å². The Morgan fingerprint density at radius 2 is 2.17 bits per heavy atom. The predicted octanol–water partition coefficient (Wildman–Crippen LogP) is 1.27. The van der Waals surface area contributed by atoms with E-state index in [9.17, 15) is 9.90 Å². The Bertz CT molecular complexity index is 600. The number of nitrogens with zero attached hydrogens (tertiary/aromatic N) is 2. The van der Waals surface area contributed by atoms with Crippen molar-refractivity contribution in [3.8, 4) is 0 Å². The number of hydrogen-bond donors (Lipinski definition) is 2. The average molecular weight is 331 g/mol. The number of carbonyl (C=O) groups excluding carboxylic acids is 1. The first-order valence-electron chi connectivity index (χ1n) is 8.88. The van der Waals surface area contributed by atoms with Gasteiger partial charge in [0.15, 0.2) is 0 Å². The van der Waals surface area contributed by atoms with Crippen molar-refractivity contribution in [2.75, 3.05) is 40.3 Å². The highest BCUT2D eigenvalue weighted by Crippen LogP contribution is 2.39. The van der Waals surface area contributed by atoms with Crippen molar-refractivity contribution >= 4 is 5.91 Å². The molecule has 1 saturated carbocycles. The second-order valence-corrected chi connectivity index (χ2v) is 7.78. The Morgan fingerprint density at radius 1 is 1.42 bits per heavy atom. The molecular formula is C19H29N3O2. The summed E-state index contributed by atoms with van der Waals surface area (Å²) < 4.78 is 0. The molecule has 2 fully saturated rings.